The van der Waals surface area contributed by atoms with E-state index < -0.39 is 34.3 Å². The summed E-state index contributed by atoms with van der Waals surface area (Å²) in [6.45, 7) is -1.39. The monoisotopic (exact) mass is 400 g/mol. The highest BCUT2D eigenvalue weighted by atomic mass is 35.6. The minimum atomic E-state index is -4.61. The number of rotatable bonds is 4. The quantitative estimate of drug-likeness (QED) is 0.441. The van der Waals surface area contributed by atoms with Crippen LogP contribution in [-0.2, 0) is 11.0 Å². The summed E-state index contributed by atoms with van der Waals surface area (Å²) in [5, 5.41) is 4.21. The molecule has 0 bridgehead atoms. The molecule has 0 spiro atoms. The lowest BCUT2D eigenvalue weighted by atomic mass is 10.2. The molecule has 0 aromatic heterocycles. The van der Waals surface area contributed by atoms with Gasteiger partial charge in [-0.25, -0.2) is 4.39 Å². The van der Waals surface area contributed by atoms with Gasteiger partial charge in [0.2, 0.25) is 3.79 Å². The predicted octanol–water partition coefficient (Wildman–Crippen LogP) is 4.55. The SMILES string of the molecule is O=C(CF)N[C@H](Nc1cc(C(F)(F)F)ccc1Cl)C(Cl)(Cl)Cl. The normalized spacial score (nSPS) is 13.6. The molecular formula is C11H8Cl4F4N2O. The van der Waals surface area contributed by atoms with E-state index in [2.05, 4.69) is 5.32 Å². The van der Waals surface area contributed by atoms with E-state index in [4.69, 9.17) is 46.4 Å². The number of halogens is 8. The summed E-state index contributed by atoms with van der Waals surface area (Å²) < 4.78 is 48.1. The Balaban J connectivity index is 3.10. The molecule has 0 radical (unpaired) electrons. The Morgan fingerprint density at radius 2 is 1.82 bits per heavy atom. The number of alkyl halides is 7. The Morgan fingerprint density at radius 1 is 1.23 bits per heavy atom. The average Bonchev–Trinajstić information content (AvgIpc) is 2.37. The second-order valence-corrected chi connectivity index (χ2v) is 6.79. The number of hydrogen-bond donors (Lipinski definition) is 2. The topological polar surface area (TPSA) is 41.1 Å². The van der Waals surface area contributed by atoms with Crippen molar-refractivity contribution in [2.24, 2.45) is 0 Å². The fourth-order valence-corrected chi connectivity index (χ4v) is 1.87. The van der Waals surface area contributed by atoms with Gasteiger partial charge in [0.1, 0.15) is 6.17 Å². The third kappa shape index (κ3) is 5.53. The van der Waals surface area contributed by atoms with Crippen molar-refractivity contribution in [1.82, 2.24) is 5.32 Å². The van der Waals surface area contributed by atoms with E-state index in [0.717, 1.165) is 12.1 Å². The van der Waals surface area contributed by atoms with Crippen molar-refractivity contribution in [2.45, 2.75) is 16.1 Å². The maximum Gasteiger partial charge on any atom is 0.416 e. The van der Waals surface area contributed by atoms with Crippen LogP contribution in [0.15, 0.2) is 18.2 Å². The van der Waals surface area contributed by atoms with Crippen LogP contribution >= 0.6 is 46.4 Å². The zero-order valence-electron chi connectivity index (χ0n) is 10.4. The molecule has 1 atom stereocenters. The lowest BCUT2D eigenvalue weighted by molar-refractivity contribution is -0.137. The molecule has 3 nitrogen and oxygen atoms in total. The fourth-order valence-electron chi connectivity index (χ4n) is 1.37. The molecule has 22 heavy (non-hydrogen) atoms. The molecule has 1 amide bonds. The number of hydrogen-bond acceptors (Lipinski definition) is 2. The summed E-state index contributed by atoms with van der Waals surface area (Å²) in [6.07, 6.45) is -6.11. The predicted molar refractivity (Wildman–Crippen MR) is 78.3 cm³/mol. The molecule has 1 aromatic rings. The van der Waals surface area contributed by atoms with E-state index in [1.165, 1.54) is 0 Å². The highest BCUT2D eigenvalue weighted by Gasteiger charge is 2.35. The smallest absolute Gasteiger partial charge is 0.361 e. The van der Waals surface area contributed by atoms with E-state index in [-0.39, 0.29) is 10.7 Å². The number of amides is 1. The van der Waals surface area contributed by atoms with Crippen LogP contribution in [0.3, 0.4) is 0 Å². The summed E-state index contributed by atoms with van der Waals surface area (Å²) in [6, 6.07) is 2.42. The van der Waals surface area contributed by atoms with Crippen LogP contribution in [0.5, 0.6) is 0 Å². The van der Waals surface area contributed by atoms with E-state index in [1.807, 2.05) is 5.32 Å². The van der Waals surface area contributed by atoms with Gasteiger partial charge >= 0.3 is 6.18 Å². The van der Waals surface area contributed by atoms with E-state index in [9.17, 15) is 22.4 Å². The Hall–Kier alpha value is -0.630. The van der Waals surface area contributed by atoms with Gasteiger partial charge in [0.05, 0.1) is 16.3 Å². The van der Waals surface area contributed by atoms with Gasteiger partial charge in [-0.2, -0.15) is 13.2 Å². The lowest BCUT2D eigenvalue weighted by Gasteiger charge is -2.27. The van der Waals surface area contributed by atoms with Gasteiger partial charge in [0.25, 0.3) is 5.91 Å². The number of anilines is 1. The van der Waals surface area contributed by atoms with Crippen LogP contribution in [0, 0.1) is 0 Å². The van der Waals surface area contributed by atoms with Crippen molar-refractivity contribution in [3.8, 4) is 0 Å². The van der Waals surface area contributed by atoms with Crippen LogP contribution in [0.2, 0.25) is 5.02 Å². The van der Waals surface area contributed by atoms with Gasteiger partial charge < -0.3 is 10.6 Å². The molecule has 0 heterocycles. The third-order valence-corrected chi connectivity index (χ3v) is 3.33. The maximum absolute atomic E-state index is 12.7. The van der Waals surface area contributed by atoms with Gasteiger partial charge in [0.15, 0.2) is 6.67 Å². The highest BCUT2D eigenvalue weighted by Crippen LogP contribution is 2.36. The molecule has 0 unspecified atom stereocenters. The molecule has 1 rings (SSSR count). The molecular weight excluding hydrogens is 394 g/mol. The van der Waals surface area contributed by atoms with E-state index in [1.54, 1.807) is 0 Å². The van der Waals surface area contributed by atoms with Crippen molar-refractivity contribution in [3.63, 3.8) is 0 Å². The van der Waals surface area contributed by atoms with Crippen LogP contribution in [0.25, 0.3) is 0 Å². The second-order valence-electron chi connectivity index (χ2n) is 4.01. The van der Waals surface area contributed by atoms with Gasteiger partial charge in [-0.15, -0.1) is 0 Å². The highest BCUT2D eigenvalue weighted by molar-refractivity contribution is 6.68. The first-order valence-corrected chi connectivity index (χ1v) is 7.01. The van der Waals surface area contributed by atoms with E-state index in [0.29, 0.717) is 6.07 Å². The zero-order valence-corrected chi connectivity index (χ0v) is 13.5. The molecule has 124 valence electrons. The minimum absolute atomic E-state index is 0.109. The van der Waals surface area contributed by atoms with Crippen LogP contribution in [0.4, 0.5) is 23.2 Å². The minimum Gasteiger partial charge on any atom is -0.361 e. The van der Waals surface area contributed by atoms with E-state index >= 15 is 0 Å². The fraction of sp³-hybridized carbons (Fsp3) is 0.364. The first kappa shape index (κ1) is 19.4. The summed E-state index contributed by atoms with van der Waals surface area (Å²) >= 11 is 22.6. The lowest BCUT2D eigenvalue weighted by Crippen LogP contribution is -2.49. The Bertz CT molecular complexity index is 548. The summed E-state index contributed by atoms with van der Waals surface area (Å²) in [4.78, 5) is 11.1. The summed E-state index contributed by atoms with van der Waals surface area (Å²) in [5.41, 5.74) is -1.24. The first-order chi connectivity index (χ1) is 9.95. The Morgan fingerprint density at radius 3 is 2.27 bits per heavy atom. The van der Waals surface area contributed by atoms with Crippen molar-refractivity contribution < 1.29 is 22.4 Å². The molecule has 0 aliphatic rings. The third-order valence-electron chi connectivity index (χ3n) is 2.35. The van der Waals surface area contributed by atoms with Gasteiger partial charge in [-0.3, -0.25) is 4.79 Å². The maximum atomic E-state index is 12.7. The molecule has 0 saturated heterocycles. The molecule has 2 N–H and O–H groups in total. The van der Waals surface area contributed by atoms with Crippen LogP contribution < -0.4 is 10.6 Å². The van der Waals surface area contributed by atoms with Crippen molar-refractivity contribution in [3.05, 3.63) is 28.8 Å². The molecule has 0 aliphatic heterocycles. The van der Waals surface area contributed by atoms with Gasteiger partial charge in [-0.1, -0.05) is 46.4 Å². The zero-order chi connectivity index (χ0) is 17.1. The second kappa shape index (κ2) is 7.29. The Kier molecular flexibility index (Phi) is 6.44. The summed E-state index contributed by atoms with van der Waals surface area (Å²) in [7, 11) is 0. The van der Waals surface area contributed by atoms with Crippen molar-refractivity contribution >= 4 is 58.0 Å². The van der Waals surface area contributed by atoms with Crippen LogP contribution in [0.1, 0.15) is 5.56 Å². The average molecular weight is 402 g/mol. The largest absolute Gasteiger partial charge is 0.416 e. The number of benzene rings is 1. The summed E-state index contributed by atoms with van der Waals surface area (Å²) in [5.74, 6) is -1.12. The number of nitrogens with one attached hydrogen (secondary N) is 2. The number of carbonyl (C=O) groups excluding carboxylic acids is 1. The van der Waals surface area contributed by atoms with Crippen LogP contribution in [-0.4, -0.2) is 22.5 Å². The molecule has 11 heteroatoms. The van der Waals surface area contributed by atoms with Gasteiger partial charge in [0, 0.05) is 0 Å². The molecule has 0 saturated carbocycles. The number of carbonyl (C=O) groups is 1. The molecule has 1 aromatic carbocycles. The first-order valence-electron chi connectivity index (χ1n) is 5.50. The van der Waals surface area contributed by atoms with Crippen molar-refractivity contribution in [2.75, 3.05) is 12.0 Å². The molecule has 0 aliphatic carbocycles. The van der Waals surface area contributed by atoms with Gasteiger partial charge in [-0.05, 0) is 18.2 Å². The van der Waals surface area contributed by atoms with Crippen molar-refractivity contribution in [1.29, 1.82) is 0 Å². The standard InChI is InChI=1S/C11H8Cl4F4N2O/c12-6-2-1-5(11(17,18)19)3-7(6)20-9(10(13,14)15)21-8(22)4-16/h1-3,9,20H,4H2,(H,21,22)/t9-/m0/s1. The Labute approximate surface area is 142 Å². The molecule has 0 fully saturated rings.